The van der Waals surface area contributed by atoms with Crippen LogP contribution in [0.3, 0.4) is 0 Å². The van der Waals surface area contributed by atoms with Crippen LogP contribution in [0.5, 0.6) is 0 Å². The number of piperazine rings is 1. The normalized spacial score (nSPS) is 15.8. The van der Waals surface area contributed by atoms with Crippen molar-refractivity contribution < 1.29 is 14.4 Å². The molecule has 0 atom stereocenters. The van der Waals surface area contributed by atoms with E-state index in [-0.39, 0.29) is 5.91 Å². The van der Waals surface area contributed by atoms with Crippen molar-refractivity contribution in [2.45, 2.75) is 6.54 Å². The fourth-order valence-corrected chi connectivity index (χ4v) is 2.75. The summed E-state index contributed by atoms with van der Waals surface area (Å²) in [4.78, 5) is 15.3. The first kappa shape index (κ1) is 16.0. The van der Waals surface area contributed by atoms with E-state index in [1.54, 1.807) is 4.90 Å². The molecule has 0 bridgehead atoms. The van der Waals surface area contributed by atoms with Crippen molar-refractivity contribution in [3.05, 3.63) is 41.1 Å². The molecule has 1 aromatic heterocycles. The van der Waals surface area contributed by atoms with Crippen molar-refractivity contribution in [3.63, 3.8) is 0 Å². The van der Waals surface area contributed by atoms with Crippen molar-refractivity contribution in [2.24, 2.45) is 0 Å². The molecule has 1 aliphatic heterocycles. The molecule has 0 aliphatic carbocycles. The standard InChI is InChI=1S/C16H18ClN3O3/c17-13-3-1-12(2-4-13)15-9-14(23-18-15)10-19-5-7-20(8-6-19)16(22)11-21/h1-4,9,21H,5-8,10-11H2. The topological polar surface area (TPSA) is 69.8 Å². The quantitative estimate of drug-likeness (QED) is 0.919. The van der Waals surface area contributed by atoms with Gasteiger partial charge < -0.3 is 14.5 Å². The van der Waals surface area contributed by atoms with Gasteiger partial charge in [-0.3, -0.25) is 9.69 Å². The summed E-state index contributed by atoms with van der Waals surface area (Å²) in [5, 5.41) is 13.7. The number of hydrogen-bond acceptors (Lipinski definition) is 5. The van der Waals surface area contributed by atoms with Gasteiger partial charge in [0.1, 0.15) is 12.3 Å². The highest BCUT2D eigenvalue weighted by Crippen LogP contribution is 2.22. The predicted molar refractivity (Wildman–Crippen MR) is 85.9 cm³/mol. The summed E-state index contributed by atoms with van der Waals surface area (Å²) in [6.45, 7) is 2.98. The number of rotatable bonds is 4. The molecule has 23 heavy (non-hydrogen) atoms. The molecule has 122 valence electrons. The molecule has 7 heteroatoms. The van der Waals surface area contributed by atoms with E-state index >= 15 is 0 Å². The second kappa shape index (κ2) is 7.12. The Morgan fingerprint density at radius 3 is 2.57 bits per heavy atom. The summed E-state index contributed by atoms with van der Waals surface area (Å²) in [7, 11) is 0. The number of hydrogen-bond donors (Lipinski definition) is 1. The molecule has 1 saturated heterocycles. The van der Waals surface area contributed by atoms with Gasteiger partial charge in [0.25, 0.3) is 0 Å². The Morgan fingerprint density at radius 2 is 1.91 bits per heavy atom. The molecule has 3 rings (SSSR count). The number of halogens is 1. The Balaban J connectivity index is 1.58. The Labute approximate surface area is 139 Å². The predicted octanol–water partition coefficient (Wildman–Crippen LogP) is 1.63. The minimum absolute atomic E-state index is 0.214. The Kier molecular flexibility index (Phi) is 4.95. The minimum Gasteiger partial charge on any atom is -0.387 e. The molecule has 0 saturated carbocycles. The number of nitrogens with zero attached hydrogens (tertiary/aromatic N) is 3. The maximum Gasteiger partial charge on any atom is 0.248 e. The number of benzene rings is 1. The fourth-order valence-electron chi connectivity index (χ4n) is 2.62. The van der Waals surface area contributed by atoms with E-state index < -0.39 is 6.61 Å². The van der Waals surface area contributed by atoms with Gasteiger partial charge in [0, 0.05) is 42.8 Å². The Morgan fingerprint density at radius 1 is 1.22 bits per heavy atom. The van der Waals surface area contributed by atoms with E-state index in [0.29, 0.717) is 24.7 Å². The minimum atomic E-state index is -0.424. The second-order valence-corrected chi connectivity index (χ2v) is 5.94. The average molecular weight is 336 g/mol. The van der Waals surface area contributed by atoms with Crippen LogP contribution in [-0.2, 0) is 11.3 Å². The molecule has 2 aromatic rings. The summed E-state index contributed by atoms with van der Waals surface area (Å²) in [6, 6.07) is 9.38. The van der Waals surface area contributed by atoms with Gasteiger partial charge in [-0.2, -0.15) is 0 Å². The number of aromatic nitrogens is 1. The van der Waals surface area contributed by atoms with E-state index in [9.17, 15) is 4.79 Å². The Bertz CT molecular complexity index is 663. The third-order valence-electron chi connectivity index (χ3n) is 3.94. The number of carbonyl (C=O) groups excluding carboxylic acids is 1. The van der Waals surface area contributed by atoms with Gasteiger partial charge in [0.2, 0.25) is 5.91 Å². The summed E-state index contributed by atoms with van der Waals surface area (Å²) < 4.78 is 5.40. The zero-order valence-corrected chi connectivity index (χ0v) is 13.4. The maximum absolute atomic E-state index is 11.4. The van der Waals surface area contributed by atoms with E-state index in [2.05, 4.69) is 10.1 Å². The highest BCUT2D eigenvalue weighted by atomic mass is 35.5. The maximum atomic E-state index is 11.4. The van der Waals surface area contributed by atoms with E-state index in [1.807, 2.05) is 30.3 Å². The first-order valence-corrected chi connectivity index (χ1v) is 7.86. The first-order valence-electron chi connectivity index (χ1n) is 7.48. The molecule has 0 radical (unpaired) electrons. The molecule has 0 spiro atoms. The van der Waals surface area contributed by atoms with Gasteiger partial charge in [-0.1, -0.05) is 28.9 Å². The Hall–Kier alpha value is -1.89. The molecule has 1 aliphatic rings. The zero-order valence-electron chi connectivity index (χ0n) is 12.6. The monoisotopic (exact) mass is 335 g/mol. The van der Waals surface area contributed by atoms with Crippen LogP contribution in [0, 0.1) is 0 Å². The zero-order chi connectivity index (χ0) is 16.2. The van der Waals surface area contributed by atoms with Crippen LogP contribution in [0.25, 0.3) is 11.3 Å². The third-order valence-corrected chi connectivity index (χ3v) is 4.19. The summed E-state index contributed by atoms with van der Waals surface area (Å²) in [5.41, 5.74) is 1.74. The van der Waals surface area contributed by atoms with E-state index in [1.165, 1.54) is 0 Å². The van der Waals surface area contributed by atoms with Gasteiger partial charge in [0.15, 0.2) is 5.76 Å². The second-order valence-electron chi connectivity index (χ2n) is 5.50. The smallest absolute Gasteiger partial charge is 0.248 e. The lowest BCUT2D eigenvalue weighted by atomic mass is 10.1. The van der Waals surface area contributed by atoms with E-state index in [4.69, 9.17) is 21.2 Å². The van der Waals surface area contributed by atoms with Crippen LogP contribution in [-0.4, -0.2) is 58.8 Å². The molecular formula is C16H18ClN3O3. The number of aliphatic hydroxyl groups is 1. The molecule has 2 heterocycles. The van der Waals surface area contributed by atoms with E-state index in [0.717, 1.165) is 30.1 Å². The summed E-state index contributed by atoms with van der Waals surface area (Å²) in [5.74, 6) is 0.575. The lowest BCUT2D eigenvalue weighted by molar-refractivity contribution is -0.136. The largest absolute Gasteiger partial charge is 0.387 e. The van der Waals surface area contributed by atoms with Crippen molar-refractivity contribution in [1.29, 1.82) is 0 Å². The van der Waals surface area contributed by atoms with Crippen molar-refractivity contribution in [2.75, 3.05) is 32.8 Å². The van der Waals surface area contributed by atoms with Crippen molar-refractivity contribution in [3.8, 4) is 11.3 Å². The lowest BCUT2D eigenvalue weighted by Crippen LogP contribution is -2.49. The number of carbonyl (C=O) groups is 1. The average Bonchev–Trinajstić information content (AvgIpc) is 3.04. The van der Waals surface area contributed by atoms with Crippen molar-refractivity contribution in [1.82, 2.24) is 15.0 Å². The molecule has 1 aromatic carbocycles. The number of aliphatic hydroxyl groups excluding tert-OH is 1. The molecule has 1 fully saturated rings. The van der Waals surface area contributed by atoms with Crippen LogP contribution >= 0.6 is 11.6 Å². The SMILES string of the molecule is O=C(CO)N1CCN(Cc2cc(-c3ccc(Cl)cc3)no2)CC1. The highest BCUT2D eigenvalue weighted by Gasteiger charge is 2.21. The summed E-state index contributed by atoms with van der Waals surface area (Å²) >= 11 is 5.88. The molecular weight excluding hydrogens is 318 g/mol. The van der Waals surface area contributed by atoms with Crippen LogP contribution in [0.4, 0.5) is 0 Å². The van der Waals surface area contributed by atoms with Crippen LogP contribution < -0.4 is 0 Å². The lowest BCUT2D eigenvalue weighted by Gasteiger charge is -2.33. The highest BCUT2D eigenvalue weighted by molar-refractivity contribution is 6.30. The van der Waals surface area contributed by atoms with Gasteiger partial charge in [-0.15, -0.1) is 0 Å². The first-order chi connectivity index (χ1) is 11.2. The van der Waals surface area contributed by atoms with Crippen LogP contribution in [0.15, 0.2) is 34.9 Å². The molecule has 1 amide bonds. The molecule has 1 N–H and O–H groups in total. The summed E-state index contributed by atoms with van der Waals surface area (Å²) in [6.07, 6.45) is 0. The molecule has 6 nitrogen and oxygen atoms in total. The van der Waals surface area contributed by atoms with Gasteiger partial charge >= 0.3 is 0 Å². The third kappa shape index (κ3) is 3.90. The fraction of sp³-hybridized carbons (Fsp3) is 0.375. The van der Waals surface area contributed by atoms with Crippen LogP contribution in [0.1, 0.15) is 5.76 Å². The van der Waals surface area contributed by atoms with Crippen LogP contribution in [0.2, 0.25) is 5.02 Å². The van der Waals surface area contributed by atoms with Gasteiger partial charge in [-0.25, -0.2) is 0 Å². The van der Waals surface area contributed by atoms with Gasteiger partial charge in [-0.05, 0) is 12.1 Å². The number of amides is 1. The van der Waals surface area contributed by atoms with Gasteiger partial charge in [0.05, 0.1) is 6.54 Å². The molecule has 0 unspecified atom stereocenters. The van der Waals surface area contributed by atoms with Crippen molar-refractivity contribution >= 4 is 17.5 Å².